The van der Waals surface area contributed by atoms with Gasteiger partial charge in [0.15, 0.2) is 0 Å². The Morgan fingerprint density at radius 1 is 1.26 bits per heavy atom. The van der Waals surface area contributed by atoms with E-state index in [1.807, 2.05) is 4.90 Å². The number of nitrogens with one attached hydrogen (secondary N) is 1. The van der Waals surface area contributed by atoms with Crippen LogP contribution in [0.4, 0.5) is 0 Å². The van der Waals surface area contributed by atoms with Crippen LogP contribution in [-0.4, -0.2) is 65.9 Å². The fourth-order valence-corrected chi connectivity index (χ4v) is 4.83. The number of nitrogens with zero attached hydrogens (tertiary/aromatic N) is 2. The van der Waals surface area contributed by atoms with Crippen molar-refractivity contribution in [3.8, 4) is 0 Å². The van der Waals surface area contributed by atoms with Crippen molar-refractivity contribution in [1.29, 1.82) is 0 Å². The lowest BCUT2D eigenvalue weighted by atomic mass is 9.87. The summed E-state index contributed by atoms with van der Waals surface area (Å²) < 4.78 is 0. The van der Waals surface area contributed by atoms with Crippen molar-refractivity contribution < 1.29 is 9.59 Å². The zero-order valence-electron chi connectivity index (χ0n) is 14.2. The lowest BCUT2D eigenvalue weighted by Gasteiger charge is -2.42. The maximum Gasteiger partial charge on any atom is 0.237 e. The highest BCUT2D eigenvalue weighted by molar-refractivity contribution is 5.85. The molecule has 3 aliphatic heterocycles. The highest BCUT2D eigenvalue weighted by Gasteiger charge is 2.52. The number of likely N-dealkylation sites (tertiary alicyclic amines) is 1. The van der Waals surface area contributed by atoms with E-state index in [0.29, 0.717) is 12.0 Å². The fraction of sp³-hybridized carbons (Fsp3) is 0.882. The van der Waals surface area contributed by atoms with Gasteiger partial charge in [-0.25, -0.2) is 0 Å². The molecule has 2 bridgehead atoms. The second-order valence-corrected chi connectivity index (χ2v) is 7.50. The van der Waals surface area contributed by atoms with E-state index < -0.39 is 0 Å². The van der Waals surface area contributed by atoms with E-state index in [0.717, 1.165) is 64.8 Å². The van der Waals surface area contributed by atoms with E-state index in [1.165, 1.54) is 6.42 Å². The third-order valence-electron chi connectivity index (χ3n) is 6.16. The second-order valence-electron chi connectivity index (χ2n) is 7.50. The lowest BCUT2D eigenvalue weighted by molar-refractivity contribution is -0.131. The van der Waals surface area contributed by atoms with Crippen LogP contribution in [0.25, 0.3) is 0 Å². The smallest absolute Gasteiger partial charge is 0.237 e. The summed E-state index contributed by atoms with van der Waals surface area (Å²) in [6, 6.07) is 0.540. The van der Waals surface area contributed by atoms with E-state index in [2.05, 4.69) is 10.2 Å². The first-order valence-corrected chi connectivity index (χ1v) is 9.06. The van der Waals surface area contributed by atoms with Gasteiger partial charge in [-0.05, 0) is 51.0 Å². The van der Waals surface area contributed by atoms with E-state index in [-0.39, 0.29) is 17.4 Å². The van der Waals surface area contributed by atoms with Crippen LogP contribution in [0.2, 0.25) is 0 Å². The van der Waals surface area contributed by atoms with E-state index >= 15 is 0 Å². The first-order chi connectivity index (χ1) is 11.0. The molecular weight excluding hydrogens is 292 g/mol. The molecule has 6 heteroatoms. The van der Waals surface area contributed by atoms with E-state index in [9.17, 15) is 9.59 Å². The van der Waals surface area contributed by atoms with Gasteiger partial charge in [0.1, 0.15) is 5.54 Å². The van der Waals surface area contributed by atoms with Gasteiger partial charge in [0, 0.05) is 39.1 Å². The highest BCUT2D eigenvalue weighted by atomic mass is 16.2. The first kappa shape index (κ1) is 16.7. The SMILES string of the molecule is CC(=O)N1CCC(CNCCN2[C@@H]3CCC[C@@]2(C(N)=O)CC3)C1. The summed E-state index contributed by atoms with van der Waals surface area (Å²) in [4.78, 5) is 27.7. The molecule has 0 aromatic rings. The second kappa shape index (κ2) is 6.77. The van der Waals surface area contributed by atoms with Crippen LogP contribution in [-0.2, 0) is 9.59 Å². The number of piperidine rings is 1. The molecule has 3 saturated heterocycles. The molecule has 0 aromatic heterocycles. The van der Waals surface area contributed by atoms with Crippen molar-refractivity contribution in [2.75, 3.05) is 32.7 Å². The van der Waals surface area contributed by atoms with Crippen LogP contribution < -0.4 is 11.1 Å². The molecule has 0 spiro atoms. The van der Waals surface area contributed by atoms with E-state index in [4.69, 9.17) is 5.73 Å². The van der Waals surface area contributed by atoms with Gasteiger partial charge in [-0.15, -0.1) is 0 Å². The van der Waals surface area contributed by atoms with Crippen LogP contribution in [0.5, 0.6) is 0 Å². The molecule has 130 valence electrons. The summed E-state index contributed by atoms with van der Waals surface area (Å²) in [7, 11) is 0. The zero-order chi connectivity index (χ0) is 16.4. The topological polar surface area (TPSA) is 78.7 Å². The molecule has 1 unspecified atom stereocenters. The van der Waals surface area contributed by atoms with Crippen molar-refractivity contribution in [2.24, 2.45) is 11.7 Å². The molecule has 0 aliphatic carbocycles. The number of hydrogen-bond donors (Lipinski definition) is 2. The summed E-state index contributed by atoms with van der Waals surface area (Å²) in [5.41, 5.74) is 5.37. The van der Waals surface area contributed by atoms with Gasteiger partial charge >= 0.3 is 0 Å². The average Bonchev–Trinajstić information content (AvgIpc) is 3.05. The molecule has 3 N–H and O–H groups in total. The molecule has 0 saturated carbocycles. The van der Waals surface area contributed by atoms with Crippen LogP contribution in [0.1, 0.15) is 45.4 Å². The zero-order valence-corrected chi connectivity index (χ0v) is 14.2. The molecule has 6 nitrogen and oxygen atoms in total. The quantitative estimate of drug-likeness (QED) is 0.690. The third-order valence-corrected chi connectivity index (χ3v) is 6.16. The van der Waals surface area contributed by atoms with Crippen molar-refractivity contribution in [3.05, 3.63) is 0 Å². The predicted molar refractivity (Wildman–Crippen MR) is 88.7 cm³/mol. The number of fused-ring (bicyclic) bond motifs is 2. The van der Waals surface area contributed by atoms with Crippen molar-refractivity contribution in [3.63, 3.8) is 0 Å². The number of nitrogens with two attached hydrogens (primary N) is 1. The van der Waals surface area contributed by atoms with Crippen LogP contribution in [0.15, 0.2) is 0 Å². The summed E-state index contributed by atoms with van der Waals surface area (Å²) in [5, 5.41) is 3.53. The predicted octanol–water partition coefficient (Wildman–Crippen LogP) is 0.317. The summed E-state index contributed by atoms with van der Waals surface area (Å²) in [5.74, 6) is 0.607. The van der Waals surface area contributed by atoms with Gasteiger partial charge in [0.25, 0.3) is 0 Å². The summed E-state index contributed by atoms with van der Waals surface area (Å²) >= 11 is 0. The van der Waals surface area contributed by atoms with Gasteiger partial charge in [-0.2, -0.15) is 0 Å². The van der Waals surface area contributed by atoms with Crippen LogP contribution in [0.3, 0.4) is 0 Å². The van der Waals surface area contributed by atoms with Crippen molar-refractivity contribution >= 4 is 11.8 Å². The molecule has 3 atom stereocenters. The highest BCUT2D eigenvalue weighted by Crippen LogP contribution is 2.43. The molecule has 23 heavy (non-hydrogen) atoms. The van der Waals surface area contributed by atoms with Gasteiger partial charge in [-0.3, -0.25) is 14.5 Å². The molecule has 3 fully saturated rings. The number of hydrogen-bond acceptors (Lipinski definition) is 4. The third kappa shape index (κ3) is 3.24. The molecule has 3 heterocycles. The Bertz CT molecular complexity index is 466. The molecular formula is C17H30N4O2. The van der Waals surface area contributed by atoms with Crippen molar-refractivity contribution in [1.82, 2.24) is 15.1 Å². The Labute approximate surface area is 138 Å². The van der Waals surface area contributed by atoms with Crippen LogP contribution >= 0.6 is 0 Å². The van der Waals surface area contributed by atoms with Gasteiger partial charge < -0.3 is 16.0 Å². The molecule has 3 rings (SSSR count). The normalized spacial score (nSPS) is 34.0. The number of amides is 2. The largest absolute Gasteiger partial charge is 0.368 e. The maximum atomic E-state index is 12.0. The van der Waals surface area contributed by atoms with Gasteiger partial charge in [0.2, 0.25) is 11.8 Å². The molecule has 3 aliphatic rings. The summed E-state index contributed by atoms with van der Waals surface area (Å²) in [6.07, 6.45) is 6.38. The Kier molecular flexibility index (Phi) is 4.92. The first-order valence-electron chi connectivity index (χ1n) is 9.06. The Morgan fingerprint density at radius 2 is 2.09 bits per heavy atom. The molecule has 2 amide bonds. The van der Waals surface area contributed by atoms with Crippen molar-refractivity contribution in [2.45, 2.75) is 57.0 Å². The average molecular weight is 322 g/mol. The number of carbonyl (C=O) groups excluding carboxylic acids is 2. The Hall–Kier alpha value is -1.14. The fourth-order valence-electron chi connectivity index (χ4n) is 4.83. The standard InChI is InChI=1S/C17H30N4O2/c1-13(22)20-9-5-14(12-20)11-19-8-10-21-15-3-2-6-17(21,7-4-15)16(18)23/h14-15,19H,2-12H2,1H3,(H2,18,23)/t14?,15-,17+/m1/s1. The van der Waals surface area contributed by atoms with Gasteiger partial charge in [-0.1, -0.05) is 0 Å². The number of carbonyl (C=O) groups is 2. The monoisotopic (exact) mass is 322 g/mol. The van der Waals surface area contributed by atoms with Crippen LogP contribution in [0, 0.1) is 5.92 Å². The lowest BCUT2D eigenvalue weighted by Crippen LogP contribution is -2.59. The Balaban J connectivity index is 1.44. The number of primary amides is 1. The Morgan fingerprint density at radius 3 is 2.78 bits per heavy atom. The minimum absolute atomic E-state index is 0.132. The van der Waals surface area contributed by atoms with Gasteiger partial charge in [0.05, 0.1) is 0 Å². The molecule has 0 aromatic carbocycles. The molecule has 0 radical (unpaired) electrons. The van der Waals surface area contributed by atoms with E-state index in [1.54, 1.807) is 6.92 Å². The minimum atomic E-state index is -0.372. The number of rotatable bonds is 6. The minimum Gasteiger partial charge on any atom is -0.368 e. The maximum absolute atomic E-state index is 12.0. The summed E-state index contributed by atoms with van der Waals surface area (Å²) in [6.45, 7) is 6.15.